The second kappa shape index (κ2) is 9.00. The van der Waals surface area contributed by atoms with Crippen molar-refractivity contribution in [3.8, 4) is 17.1 Å². The molecule has 1 aliphatic rings. The highest BCUT2D eigenvalue weighted by Crippen LogP contribution is 2.48. The third-order valence-corrected chi connectivity index (χ3v) is 4.82. The predicted octanol–water partition coefficient (Wildman–Crippen LogP) is 3.41. The molecule has 0 spiro atoms. The van der Waals surface area contributed by atoms with Crippen LogP contribution in [-0.2, 0) is 9.53 Å². The van der Waals surface area contributed by atoms with Gasteiger partial charge in [-0.2, -0.15) is 13.2 Å². The van der Waals surface area contributed by atoms with Gasteiger partial charge in [-0.25, -0.2) is 14.4 Å². The lowest BCUT2D eigenvalue weighted by Crippen LogP contribution is -2.55. The molecule has 0 aromatic carbocycles. The fourth-order valence-electron chi connectivity index (χ4n) is 2.86. The van der Waals surface area contributed by atoms with Crippen LogP contribution in [0, 0.1) is 5.82 Å². The molecule has 1 aliphatic carbocycles. The largest absolute Gasteiger partial charge is 0.459 e. The van der Waals surface area contributed by atoms with Gasteiger partial charge in [0.1, 0.15) is 6.10 Å². The van der Waals surface area contributed by atoms with Crippen LogP contribution >= 0.6 is 0 Å². The maximum Gasteiger partial charge on any atom is 0.428 e. The molecule has 12 heteroatoms. The van der Waals surface area contributed by atoms with E-state index >= 15 is 0 Å². The number of halogens is 4. The average Bonchev–Trinajstić information content (AvgIpc) is 2.69. The van der Waals surface area contributed by atoms with Gasteiger partial charge in [0.2, 0.25) is 5.60 Å². The molecule has 168 valence electrons. The van der Waals surface area contributed by atoms with Crippen LogP contribution in [0.25, 0.3) is 11.3 Å². The zero-order valence-corrected chi connectivity index (χ0v) is 16.8. The van der Waals surface area contributed by atoms with Gasteiger partial charge in [0.25, 0.3) is 11.8 Å². The van der Waals surface area contributed by atoms with Gasteiger partial charge in [-0.3, -0.25) is 20.6 Å². The van der Waals surface area contributed by atoms with Crippen molar-refractivity contribution < 1.29 is 31.8 Å². The first-order valence-corrected chi connectivity index (χ1v) is 9.56. The minimum Gasteiger partial charge on any atom is -0.459 e. The van der Waals surface area contributed by atoms with Crippen molar-refractivity contribution in [1.29, 1.82) is 0 Å². The van der Waals surface area contributed by atoms with Gasteiger partial charge in [0, 0.05) is 18.4 Å². The van der Waals surface area contributed by atoms with Gasteiger partial charge in [0.15, 0.2) is 11.6 Å². The number of rotatable bonds is 8. The second-order valence-electron chi connectivity index (χ2n) is 6.96. The summed E-state index contributed by atoms with van der Waals surface area (Å²) in [5.74, 6) is -1.93. The van der Waals surface area contributed by atoms with Crippen LogP contribution in [0.15, 0.2) is 24.7 Å². The average molecular weight is 443 g/mol. The van der Waals surface area contributed by atoms with Crippen LogP contribution in [-0.4, -0.2) is 45.3 Å². The number of hydrogen-bond acceptors (Lipinski definition) is 7. The number of alkyl halides is 3. The van der Waals surface area contributed by atoms with Crippen molar-refractivity contribution in [3.05, 3.63) is 30.5 Å². The summed E-state index contributed by atoms with van der Waals surface area (Å²) < 4.78 is 64.1. The number of nitrogens with one attached hydrogen (secondary N) is 2. The normalized spacial score (nSPS) is 16.2. The van der Waals surface area contributed by atoms with Crippen molar-refractivity contribution in [3.63, 3.8) is 0 Å². The SMILES string of the molecule is CCOC(C)C(=O)NNc1cnc(-c2cnc(OC3(C(F)(F)F)CCC3)c(F)c2)cn1. The molecule has 0 bridgehead atoms. The Kier molecular flexibility index (Phi) is 6.58. The zero-order valence-electron chi connectivity index (χ0n) is 16.8. The fourth-order valence-corrected chi connectivity index (χ4v) is 2.86. The van der Waals surface area contributed by atoms with E-state index in [1.54, 1.807) is 13.8 Å². The number of carbonyl (C=O) groups excluding carboxylic acids is 1. The third kappa shape index (κ3) is 5.01. The van der Waals surface area contributed by atoms with Gasteiger partial charge in [-0.05, 0) is 39.2 Å². The van der Waals surface area contributed by atoms with Gasteiger partial charge in [0.05, 0.1) is 18.1 Å². The third-order valence-electron chi connectivity index (χ3n) is 4.82. The molecule has 2 aromatic rings. The Morgan fingerprint density at radius 1 is 1.23 bits per heavy atom. The molecule has 1 unspecified atom stereocenters. The van der Waals surface area contributed by atoms with E-state index in [1.807, 2.05) is 0 Å². The standard InChI is InChI=1S/C19H21F4N5O3/c1-3-30-11(2)16(29)28-27-15-10-24-14(9-25-15)12-7-13(20)17(26-8-12)31-18(5-4-6-18)19(21,22)23/h7-11H,3-6H2,1-2H3,(H,25,27)(H,28,29). The Morgan fingerprint density at radius 2 is 1.97 bits per heavy atom. The maximum absolute atomic E-state index is 14.4. The van der Waals surface area contributed by atoms with Crippen molar-refractivity contribution in [1.82, 2.24) is 20.4 Å². The minimum absolute atomic E-state index is 0.201. The summed E-state index contributed by atoms with van der Waals surface area (Å²) in [6, 6.07) is 0.980. The molecule has 0 aliphatic heterocycles. The molecule has 2 heterocycles. The molecule has 0 saturated heterocycles. The van der Waals surface area contributed by atoms with E-state index in [9.17, 15) is 22.4 Å². The maximum atomic E-state index is 14.4. The molecule has 1 atom stereocenters. The smallest absolute Gasteiger partial charge is 0.428 e. The topological polar surface area (TPSA) is 98.3 Å². The van der Waals surface area contributed by atoms with Gasteiger partial charge >= 0.3 is 6.18 Å². The highest BCUT2D eigenvalue weighted by Gasteiger charge is 2.61. The Morgan fingerprint density at radius 3 is 2.48 bits per heavy atom. The molecule has 2 N–H and O–H groups in total. The summed E-state index contributed by atoms with van der Waals surface area (Å²) in [6.45, 7) is 3.74. The van der Waals surface area contributed by atoms with E-state index in [2.05, 4.69) is 25.8 Å². The number of nitrogens with zero attached hydrogens (tertiary/aromatic N) is 3. The minimum atomic E-state index is -4.61. The van der Waals surface area contributed by atoms with Gasteiger partial charge < -0.3 is 9.47 Å². The molecule has 8 nitrogen and oxygen atoms in total. The Hall–Kier alpha value is -3.02. The lowest BCUT2D eigenvalue weighted by molar-refractivity contribution is -0.275. The molecule has 1 amide bonds. The summed E-state index contributed by atoms with van der Waals surface area (Å²) in [7, 11) is 0. The summed E-state index contributed by atoms with van der Waals surface area (Å²) in [4.78, 5) is 23.6. The van der Waals surface area contributed by atoms with Crippen LogP contribution in [0.4, 0.5) is 23.4 Å². The number of hydrogen-bond donors (Lipinski definition) is 2. The van der Waals surface area contributed by atoms with E-state index in [4.69, 9.17) is 9.47 Å². The quantitative estimate of drug-likeness (QED) is 0.477. The molecule has 2 aromatic heterocycles. The number of aromatic nitrogens is 3. The Labute approximate surface area is 175 Å². The summed E-state index contributed by atoms with van der Waals surface area (Å²) in [5, 5.41) is 0. The van der Waals surface area contributed by atoms with E-state index < -0.39 is 35.5 Å². The molecule has 3 rings (SSSR count). The van der Waals surface area contributed by atoms with Crippen LogP contribution in [0.1, 0.15) is 33.1 Å². The Balaban J connectivity index is 1.66. The Bertz CT molecular complexity index is 920. The predicted molar refractivity (Wildman–Crippen MR) is 101 cm³/mol. The van der Waals surface area contributed by atoms with Crippen molar-refractivity contribution in [2.45, 2.75) is 51.0 Å². The van der Waals surface area contributed by atoms with Crippen LogP contribution in [0.3, 0.4) is 0 Å². The van der Waals surface area contributed by atoms with E-state index in [0.29, 0.717) is 13.0 Å². The molecule has 0 radical (unpaired) electrons. The first kappa shape index (κ1) is 22.7. The number of ether oxygens (including phenoxy) is 2. The van der Waals surface area contributed by atoms with Gasteiger partial charge in [-0.15, -0.1) is 0 Å². The first-order valence-electron chi connectivity index (χ1n) is 9.56. The summed E-state index contributed by atoms with van der Waals surface area (Å²) in [6.07, 6.45) is -1.66. The highest BCUT2D eigenvalue weighted by atomic mass is 19.4. The van der Waals surface area contributed by atoms with E-state index in [0.717, 1.165) is 12.3 Å². The van der Waals surface area contributed by atoms with Crippen molar-refractivity contribution in [2.75, 3.05) is 12.0 Å². The molecule has 31 heavy (non-hydrogen) atoms. The fraction of sp³-hybridized carbons (Fsp3) is 0.474. The lowest BCUT2D eigenvalue weighted by Gasteiger charge is -2.42. The van der Waals surface area contributed by atoms with Crippen molar-refractivity contribution in [2.24, 2.45) is 0 Å². The highest BCUT2D eigenvalue weighted by molar-refractivity contribution is 5.81. The summed E-state index contributed by atoms with van der Waals surface area (Å²) >= 11 is 0. The van der Waals surface area contributed by atoms with Crippen molar-refractivity contribution >= 4 is 11.7 Å². The van der Waals surface area contributed by atoms with Gasteiger partial charge in [-0.1, -0.05) is 0 Å². The van der Waals surface area contributed by atoms with E-state index in [-0.39, 0.29) is 29.9 Å². The number of carbonyl (C=O) groups is 1. The van der Waals surface area contributed by atoms with Crippen LogP contribution < -0.4 is 15.6 Å². The molecular weight excluding hydrogens is 422 g/mol. The monoisotopic (exact) mass is 443 g/mol. The van der Waals surface area contributed by atoms with Crippen LogP contribution in [0.5, 0.6) is 5.88 Å². The summed E-state index contributed by atoms with van der Waals surface area (Å²) in [5.41, 5.74) is 3.01. The number of anilines is 1. The van der Waals surface area contributed by atoms with E-state index in [1.165, 1.54) is 12.4 Å². The number of hydrazine groups is 1. The molecule has 1 saturated carbocycles. The zero-order chi connectivity index (χ0) is 22.6. The second-order valence-corrected chi connectivity index (χ2v) is 6.96. The molecule has 1 fully saturated rings. The molecular formula is C19H21F4N5O3. The van der Waals surface area contributed by atoms with Crippen LogP contribution in [0.2, 0.25) is 0 Å². The lowest BCUT2D eigenvalue weighted by atomic mass is 9.79. The number of amides is 1. The number of pyridine rings is 1. The first-order chi connectivity index (χ1) is 14.6.